The second-order valence-electron chi connectivity index (χ2n) is 4.67. The van der Waals surface area contributed by atoms with E-state index < -0.39 is 0 Å². The van der Waals surface area contributed by atoms with E-state index in [-0.39, 0.29) is 30.7 Å². The van der Waals surface area contributed by atoms with Crippen molar-refractivity contribution in [3.8, 4) is 0 Å². The van der Waals surface area contributed by atoms with Crippen LogP contribution in [-0.2, 0) is 19.1 Å². The van der Waals surface area contributed by atoms with Crippen LogP contribution < -0.4 is 0 Å². The van der Waals surface area contributed by atoms with Crippen molar-refractivity contribution in [3.05, 3.63) is 35.9 Å². The van der Waals surface area contributed by atoms with E-state index in [2.05, 4.69) is 0 Å². The van der Waals surface area contributed by atoms with Crippen LogP contribution in [0.5, 0.6) is 0 Å². The first-order valence-electron chi connectivity index (χ1n) is 6.94. The van der Waals surface area contributed by atoms with E-state index in [1.54, 1.807) is 0 Å². The SMILES string of the molecule is CCCCOC(=O)CC(CC(=O)OC)c1ccccc1. The molecule has 0 heterocycles. The predicted molar refractivity (Wildman–Crippen MR) is 76.3 cm³/mol. The molecule has 0 spiro atoms. The van der Waals surface area contributed by atoms with Crippen LogP contribution in [0, 0.1) is 0 Å². The highest BCUT2D eigenvalue weighted by Gasteiger charge is 2.20. The largest absolute Gasteiger partial charge is 0.469 e. The van der Waals surface area contributed by atoms with Gasteiger partial charge in [-0.3, -0.25) is 9.59 Å². The predicted octanol–water partition coefficient (Wildman–Crippen LogP) is 3.07. The lowest BCUT2D eigenvalue weighted by Gasteiger charge is -2.15. The lowest BCUT2D eigenvalue weighted by molar-refractivity contribution is -0.145. The Morgan fingerprint density at radius 3 is 2.35 bits per heavy atom. The Morgan fingerprint density at radius 2 is 1.75 bits per heavy atom. The first-order valence-corrected chi connectivity index (χ1v) is 6.94. The average molecular weight is 278 g/mol. The highest BCUT2D eigenvalue weighted by atomic mass is 16.5. The fourth-order valence-corrected chi connectivity index (χ4v) is 1.91. The molecule has 1 unspecified atom stereocenters. The molecule has 4 nitrogen and oxygen atoms in total. The van der Waals surface area contributed by atoms with Crippen LogP contribution in [0.1, 0.15) is 44.1 Å². The van der Waals surface area contributed by atoms with Gasteiger partial charge in [-0.25, -0.2) is 0 Å². The van der Waals surface area contributed by atoms with Crippen molar-refractivity contribution >= 4 is 11.9 Å². The van der Waals surface area contributed by atoms with Gasteiger partial charge in [-0.2, -0.15) is 0 Å². The van der Waals surface area contributed by atoms with Gasteiger partial charge in [0.25, 0.3) is 0 Å². The van der Waals surface area contributed by atoms with Crippen molar-refractivity contribution in [2.75, 3.05) is 13.7 Å². The van der Waals surface area contributed by atoms with Gasteiger partial charge in [-0.05, 0) is 12.0 Å². The summed E-state index contributed by atoms with van der Waals surface area (Å²) in [5.41, 5.74) is 0.949. The summed E-state index contributed by atoms with van der Waals surface area (Å²) in [5.74, 6) is -0.783. The van der Waals surface area contributed by atoms with Crippen LogP contribution in [0.4, 0.5) is 0 Å². The number of unbranched alkanes of at least 4 members (excludes halogenated alkanes) is 1. The van der Waals surface area contributed by atoms with Crippen molar-refractivity contribution < 1.29 is 19.1 Å². The third kappa shape index (κ3) is 5.87. The maximum absolute atomic E-state index is 11.8. The molecule has 0 fully saturated rings. The number of hydrogen-bond acceptors (Lipinski definition) is 4. The molecule has 1 atom stereocenters. The Hall–Kier alpha value is -1.84. The van der Waals surface area contributed by atoms with Crippen LogP contribution in [0.25, 0.3) is 0 Å². The second kappa shape index (κ2) is 9.13. The van der Waals surface area contributed by atoms with E-state index >= 15 is 0 Å². The van der Waals surface area contributed by atoms with Crippen molar-refractivity contribution in [2.45, 2.75) is 38.5 Å². The lowest BCUT2D eigenvalue weighted by atomic mass is 9.92. The standard InChI is InChI=1S/C16H22O4/c1-3-4-10-20-16(18)12-14(11-15(17)19-2)13-8-6-5-7-9-13/h5-9,14H,3-4,10-12H2,1-2H3. The highest BCUT2D eigenvalue weighted by Crippen LogP contribution is 2.24. The van der Waals surface area contributed by atoms with E-state index in [9.17, 15) is 9.59 Å². The molecule has 0 aliphatic carbocycles. The van der Waals surface area contributed by atoms with E-state index in [1.165, 1.54) is 7.11 Å². The Kier molecular flexibility index (Phi) is 7.40. The molecule has 0 saturated carbocycles. The molecule has 1 aromatic rings. The minimum Gasteiger partial charge on any atom is -0.469 e. The van der Waals surface area contributed by atoms with Crippen LogP contribution in [0.2, 0.25) is 0 Å². The zero-order chi connectivity index (χ0) is 14.8. The van der Waals surface area contributed by atoms with Crippen molar-refractivity contribution in [2.24, 2.45) is 0 Å². The van der Waals surface area contributed by atoms with Gasteiger partial charge in [0, 0.05) is 5.92 Å². The molecular formula is C16H22O4. The average Bonchev–Trinajstić information content (AvgIpc) is 2.47. The van der Waals surface area contributed by atoms with E-state index in [1.807, 2.05) is 37.3 Å². The zero-order valence-electron chi connectivity index (χ0n) is 12.1. The van der Waals surface area contributed by atoms with Crippen LogP contribution in [0.15, 0.2) is 30.3 Å². The number of hydrogen-bond donors (Lipinski definition) is 0. The number of methoxy groups -OCH3 is 1. The summed E-state index contributed by atoms with van der Waals surface area (Å²) in [5, 5.41) is 0. The molecule has 1 aromatic carbocycles. The van der Waals surface area contributed by atoms with Gasteiger partial charge < -0.3 is 9.47 Å². The summed E-state index contributed by atoms with van der Waals surface area (Å²) < 4.78 is 9.85. The van der Waals surface area contributed by atoms with E-state index in [4.69, 9.17) is 9.47 Å². The molecule has 110 valence electrons. The first kappa shape index (κ1) is 16.2. The maximum Gasteiger partial charge on any atom is 0.306 e. The molecule has 0 N–H and O–H groups in total. The number of rotatable bonds is 8. The molecule has 20 heavy (non-hydrogen) atoms. The van der Waals surface area contributed by atoms with Crippen LogP contribution >= 0.6 is 0 Å². The van der Waals surface area contributed by atoms with Crippen molar-refractivity contribution in [3.63, 3.8) is 0 Å². The zero-order valence-corrected chi connectivity index (χ0v) is 12.1. The summed E-state index contributed by atoms with van der Waals surface area (Å²) in [6, 6.07) is 9.50. The second-order valence-corrected chi connectivity index (χ2v) is 4.67. The number of carbonyl (C=O) groups excluding carboxylic acids is 2. The van der Waals surface area contributed by atoms with Gasteiger partial charge in [0.1, 0.15) is 0 Å². The first-order chi connectivity index (χ1) is 9.67. The maximum atomic E-state index is 11.8. The molecule has 0 aromatic heterocycles. The van der Waals surface area contributed by atoms with Crippen molar-refractivity contribution in [1.29, 1.82) is 0 Å². The van der Waals surface area contributed by atoms with Gasteiger partial charge >= 0.3 is 11.9 Å². The Bertz CT molecular complexity index is 414. The summed E-state index contributed by atoms with van der Waals surface area (Å²) >= 11 is 0. The minimum atomic E-state index is -0.319. The molecule has 0 aliphatic rings. The van der Waals surface area contributed by atoms with Gasteiger partial charge in [0.15, 0.2) is 0 Å². The highest BCUT2D eigenvalue weighted by molar-refractivity contribution is 5.74. The normalized spacial score (nSPS) is 11.7. The van der Waals surface area contributed by atoms with Gasteiger partial charge in [0.2, 0.25) is 0 Å². The summed E-state index contributed by atoms with van der Waals surface area (Å²) in [6.07, 6.45) is 2.22. The Morgan fingerprint density at radius 1 is 1.10 bits per heavy atom. The number of ether oxygens (including phenoxy) is 2. The summed E-state index contributed by atoms with van der Waals surface area (Å²) in [4.78, 5) is 23.3. The van der Waals surface area contributed by atoms with Gasteiger partial charge in [0.05, 0.1) is 26.6 Å². The number of benzene rings is 1. The molecule has 0 aliphatic heterocycles. The fourth-order valence-electron chi connectivity index (χ4n) is 1.91. The fraction of sp³-hybridized carbons (Fsp3) is 0.500. The molecule has 0 saturated heterocycles. The van der Waals surface area contributed by atoms with Crippen LogP contribution in [-0.4, -0.2) is 25.7 Å². The molecule has 1 rings (SSSR count). The number of carbonyl (C=O) groups is 2. The molecule has 0 radical (unpaired) electrons. The van der Waals surface area contributed by atoms with Crippen molar-refractivity contribution in [1.82, 2.24) is 0 Å². The Balaban J connectivity index is 2.63. The quantitative estimate of drug-likeness (QED) is 0.541. The summed E-state index contributed by atoms with van der Waals surface area (Å²) in [7, 11) is 1.35. The van der Waals surface area contributed by atoms with Gasteiger partial charge in [-0.1, -0.05) is 43.7 Å². The van der Waals surface area contributed by atoms with Gasteiger partial charge in [-0.15, -0.1) is 0 Å². The van der Waals surface area contributed by atoms with Crippen LogP contribution in [0.3, 0.4) is 0 Å². The lowest BCUT2D eigenvalue weighted by Crippen LogP contribution is -2.15. The minimum absolute atomic E-state index is 0.184. The molecular weight excluding hydrogens is 256 g/mol. The Labute approximate surface area is 120 Å². The van der Waals surface area contributed by atoms with E-state index in [0.717, 1.165) is 18.4 Å². The molecule has 0 amide bonds. The number of esters is 2. The van der Waals surface area contributed by atoms with E-state index in [0.29, 0.717) is 6.61 Å². The molecule has 4 heteroatoms. The monoisotopic (exact) mass is 278 g/mol. The third-order valence-corrected chi connectivity index (χ3v) is 3.09. The topological polar surface area (TPSA) is 52.6 Å². The summed E-state index contributed by atoms with van der Waals surface area (Å²) in [6.45, 7) is 2.48. The molecule has 0 bridgehead atoms. The third-order valence-electron chi connectivity index (χ3n) is 3.09. The smallest absolute Gasteiger partial charge is 0.306 e.